The van der Waals surface area contributed by atoms with Gasteiger partial charge >= 0.3 is 0 Å². The number of rotatable bonds is 3. The maximum atomic E-state index is 10.4. The molecule has 0 amide bonds. The Morgan fingerprint density at radius 3 is 2.56 bits per heavy atom. The minimum absolute atomic E-state index is 0.0903. The van der Waals surface area contributed by atoms with Crippen LogP contribution in [0.1, 0.15) is 11.3 Å². The summed E-state index contributed by atoms with van der Waals surface area (Å²) >= 11 is 1.28. The van der Waals surface area contributed by atoms with Crippen LogP contribution in [-0.4, -0.2) is 14.5 Å². The lowest BCUT2D eigenvalue weighted by atomic mass is 10.2. The molecule has 0 atom stereocenters. The summed E-state index contributed by atoms with van der Waals surface area (Å²) in [6, 6.07) is 6.32. The van der Waals surface area contributed by atoms with Crippen molar-refractivity contribution in [3.8, 4) is 0 Å². The zero-order valence-corrected chi connectivity index (χ0v) is 8.92. The first-order chi connectivity index (χ1) is 7.75. The van der Waals surface area contributed by atoms with E-state index in [9.17, 15) is 10.1 Å². The van der Waals surface area contributed by atoms with Crippen molar-refractivity contribution in [3.05, 3.63) is 51.0 Å². The van der Waals surface area contributed by atoms with Gasteiger partial charge in [0, 0.05) is 17.5 Å². The van der Waals surface area contributed by atoms with Crippen LogP contribution in [0.15, 0.2) is 29.6 Å². The summed E-state index contributed by atoms with van der Waals surface area (Å²) in [6.07, 6.45) is 3.64. The number of benzene rings is 1. The largest absolute Gasteiger partial charge is 0.269 e. The number of nitro benzene ring substituents is 1. The van der Waals surface area contributed by atoms with Crippen molar-refractivity contribution in [2.24, 2.45) is 0 Å². The first kappa shape index (κ1) is 10.4. The summed E-state index contributed by atoms with van der Waals surface area (Å²) in [5.41, 5.74) is 1.76. The molecule has 2 rings (SSSR count). The predicted molar refractivity (Wildman–Crippen MR) is 61.9 cm³/mol. The standard InChI is InChI=1S/C10H7N3O2S/c14-13(15)10-5-2-8(3-6-10)1-4-9-7-16-12-11-9/h1-7H. The van der Waals surface area contributed by atoms with Crippen LogP contribution < -0.4 is 0 Å². The van der Waals surface area contributed by atoms with Gasteiger partial charge in [-0.2, -0.15) is 0 Å². The minimum atomic E-state index is -0.419. The van der Waals surface area contributed by atoms with E-state index in [0.717, 1.165) is 11.3 Å². The molecule has 0 aliphatic rings. The topological polar surface area (TPSA) is 68.9 Å². The summed E-state index contributed by atoms with van der Waals surface area (Å²) in [6.45, 7) is 0. The van der Waals surface area contributed by atoms with Crippen LogP contribution in [0.3, 0.4) is 0 Å². The number of aromatic nitrogens is 2. The molecule has 80 valence electrons. The van der Waals surface area contributed by atoms with E-state index in [-0.39, 0.29) is 5.69 Å². The molecule has 0 fully saturated rings. The summed E-state index contributed by atoms with van der Waals surface area (Å²) in [7, 11) is 0. The summed E-state index contributed by atoms with van der Waals surface area (Å²) in [5.74, 6) is 0. The van der Waals surface area contributed by atoms with Gasteiger partial charge in [0.2, 0.25) is 0 Å². The van der Waals surface area contributed by atoms with Gasteiger partial charge in [-0.1, -0.05) is 10.6 Å². The predicted octanol–water partition coefficient (Wildman–Crippen LogP) is 2.62. The number of nitrogens with zero attached hydrogens (tertiary/aromatic N) is 3. The highest BCUT2D eigenvalue weighted by Crippen LogP contribution is 2.13. The maximum Gasteiger partial charge on any atom is 0.269 e. The van der Waals surface area contributed by atoms with E-state index < -0.39 is 4.92 Å². The Hall–Kier alpha value is -2.08. The fraction of sp³-hybridized carbons (Fsp3) is 0. The lowest BCUT2D eigenvalue weighted by molar-refractivity contribution is -0.384. The van der Waals surface area contributed by atoms with Gasteiger partial charge in [0.15, 0.2) is 0 Å². The van der Waals surface area contributed by atoms with E-state index in [2.05, 4.69) is 9.59 Å². The molecule has 6 heteroatoms. The van der Waals surface area contributed by atoms with Crippen LogP contribution in [0.4, 0.5) is 5.69 Å². The van der Waals surface area contributed by atoms with E-state index in [1.165, 1.54) is 23.7 Å². The fourth-order valence-electron chi connectivity index (χ4n) is 1.13. The Morgan fingerprint density at radius 2 is 2.00 bits per heavy atom. The number of hydrogen-bond acceptors (Lipinski definition) is 5. The van der Waals surface area contributed by atoms with Gasteiger partial charge < -0.3 is 0 Å². The minimum Gasteiger partial charge on any atom is -0.258 e. The molecule has 1 heterocycles. The quantitative estimate of drug-likeness (QED) is 0.603. The summed E-state index contributed by atoms with van der Waals surface area (Å²) < 4.78 is 3.72. The molecule has 0 saturated heterocycles. The highest BCUT2D eigenvalue weighted by atomic mass is 32.1. The van der Waals surface area contributed by atoms with Gasteiger partial charge in [-0.05, 0) is 35.3 Å². The van der Waals surface area contributed by atoms with E-state index in [1.807, 2.05) is 17.5 Å². The number of hydrogen-bond donors (Lipinski definition) is 0. The van der Waals surface area contributed by atoms with Gasteiger partial charge in [-0.15, -0.1) is 5.10 Å². The third-order valence-corrected chi connectivity index (χ3v) is 2.45. The molecule has 0 unspecified atom stereocenters. The molecule has 1 aromatic heterocycles. The summed E-state index contributed by atoms with van der Waals surface area (Å²) in [5, 5.41) is 16.1. The zero-order chi connectivity index (χ0) is 11.4. The molecule has 0 saturated carbocycles. The number of nitro groups is 1. The molecule has 0 spiro atoms. The van der Waals surface area contributed by atoms with Crippen molar-refractivity contribution in [3.63, 3.8) is 0 Å². The second-order valence-electron chi connectivity index (χ2n) is 3.01. The zero-order valence-electron chi connectivity index (χ0n) is 8.11. The van der Waals surface area contributed by atoms with E-state index in [0.29, 0.717) is 0 Å². The normalized spacial score (nSPS) is 10.8. The van der Waals surface area contributed by atoms with Gasteiger partial charge in [0.25, 0.3) is 5.69 Å². The molecule has 0 aliphatic carbocycles. The van der Waals surface area contributed by atoms with Crippen LogP contribution in [0.5, 0.6) is 0 Å². The second kappa shape index (κ2) is 4.63. The molecule has 0 radical (unpaired) electrons. The average Bonchev–Trinajstić information content (AvgIpc) is 2.80. The Morgan fingerprint density at radius 1 is 1.25 bits per heavy atom. The van der Waals surface area contributed by atoms with E-state index in [4.69, 9.17) is 0 Å². The smallest absolute Gasteiger partial charge is 0.258 e. The van der Waals surface area contributed by atoms with Gasteiger partial charge in [0.05, 0.1) is 10.6 Å². The highest BCUT2D eigenvalue weighted by molar-refractivity contribution is 7.03. The van der Waals surface area contributed by atoms with Crippen molar-refractivity contribution in [2.45, 2.75) is 0 Å². The van der Waals surface area contributed by atoms with Crippen molar-refractivity contribution in [1.82, 2.24) is 9.59 Å². The van der Waals surface area contributed by atoms with Crippen molar-refractivity contribution < 1.29 is 4.92 Å². The van der Waals surface area contributed by atoms with Crippen LogP contribution in [-0.2, 0) is 0 Å². The molecule has 0 aliphatic heterocycles. The van der Waals surface area contributed by atoms with Crippen LogP contribution in [0.2, 0.25) is 0 Å². The Balaban J connectivity index is 2.14. The van der Waals surface area contributed by atoms with Crippen molar-refractivity contribution >= 4 is 29.4 Å². The molecule has 0 bridgehead atoms. The molecule has 0 N–H and O–H groups in total. The van der Waals surface area contributed by atoms with Gasteiger partial charge in [-0.25, -0.2) is 0 Å². The van der Waals surface area contributed by atoms with E-state index in [1.54, 1.807) is 12.1 Å². The summed E-state index contributed by atoms with van der Waals surface area (Å²) in [4.78, 5) is 10.0. The van der Waals surface area contributed by atoms with Gasteiger partial charge in [-0.3, -0.25) is 10.1 Å². The molecular formula is C10H7N3O2S. The lowest BCUT2D eigenvalue weighted by Gasteiger charge is -1.92. The first-order valence-corrected chi connectivity index (χ1v) is 5.29. The molecule has 16 heavy (non-hydrogen) atoms. The van der Waals surface area contributed by atoms with Crippen LogP contribution >= 0.6 is 11.5 Å². The lowest BCUT2D eigenvalue weighted by Crippen LogP contribution is -1.86. The van der Waals surface area contributed by atoms with Gasteiger partial charge in [0.1, 0.15) is 0 Å². The average molecular weight is 233 g/mol. The second-order valence-corrected chi connectivity index (χ2v) is 3.62. The van der Waals surface area contributed by atoms with Crippen molar-refractivity contribution in [2.75, 3.05) is 0 Å². The molecule has 2 aromatic rings. The van der Waals surface area contributed by atoms with Crippen molar-refractivity contribution in [1.29, 1.82) is 0 Å². The van der Waals surface area contributed by atoms with E-state index >= 15 is 0 Å². The maximum absolute atomic E-state index is 10.4. The number of non-ortho nitro benzene ring substituents is 1. The van der Waals surface area contributed by atoms with Crippen LogP contribution in [0.25, 0.3) is 12.2 Å². The Kier molecular flexibility index (Phi) is 3.02. The monoisotopic (exact) mass is 233 g/mol. The SMILES string of the molecule is O=[N+]([O-])c1ccc(C=Cc2csnn2)cc1. The Bertz CT molecular complexity index is 505. The molecule has 1 aromatic carbocycles. The highest BCUT2D eigenvalue weighted by Gasteiger charge is 2.02. The van der Waals surface area contributed by atoms with Crippen LogP contribution in [0, 0.1) is 10.1 Å². The third-order valence-electron chi connectivity index (χ3n) is 1.93. The molecule has 5 nitrogen and oxygen atoms in total. The Labute approximate surface area is 95.4 Å². The fourth-order valence-corrected chi connectivity index (χ4v) is 1.56. The first-order valence-electron chi connectivity index (χ1n) is 4.45. The third kappa shape index (κ3) is 2.48. The molecular weight excluding hydrogens is 226 g/mol.